The highest BCUT2D eigenvalue weighted by molar-refractivity contribution is 6.33. The summed E-state index contributed by atoms with van der Waals surface area (Å²) in [5, 5.41) is 15.0. The van der Waals surface area contributed by atoms with Crippen LogP contribution in [0, 0.1) is 0 Å². The lowest BCUT2D eigenvalue weighted by atomic mass is 10.1. The molecule has 0 radical (unpaired) electrons. The quantitative estimate of drug-likeness (QED) is 0.458. The molecule has 1 amide bonds. The molecule has 2 N–H and O–H groups in total. The number of amides is 1. The Morgan fingerprint density at radius 3 is 2.74 bits per heavy atom. The van der Waals surface area contributed by atoms with Gasteiger partial charge in [-0.15, -0.1) is 0 Å². The highest BCUT2D eigenvalue weighted by atomic mass is 35.5. The molecule has 0 saturated heterocycles. The maximum Gasteiger partial charge on any atom is 0.274 e. The van der Waals surface area contributed by atoms with Crippen LogP contribution in [0.3, 0.4) is 0 Å². The Bertz CT molecular complexity index is 1270. The number of halogens is 2. The maximum absolute atomic E-state index is 12.7. The number of anilines is 1. The highest BCUT2D eigenvalue weighted by Gasteiger charge is 2.18. The zero-order valence-corrected chi connectivity index (χ0v) is 17.4. The lowest BCUT2D eigenvalue weighted by Crippen LogP contribution is -2.13. The molecule has 0 bridgehead atoms. The number of fused-ring (bicyclic) bond motifs is 1. The van der Waals surface area contributed by atoms with Gasteiger partial charge in [-0.1, -0.05) is 35.3 Å². The van der Waals surface area contributed by atoms with Gasteiger partial charge in [0.2, 0.25) is 6.79 Å². The van der Waals surface area contributed by atoms with Crippen LogP contribution in [0.5, 0.6) is 11.5 Å². The molecule has 0 unspecified atom stereocenters. The third-order valence-electron chi connectivity index (χ3n) is 4.70. The van der Waals surface area contributed by atoms with E-state index in [-0.39, 0.29) is 18.3 Å². The van der Waals surface area contributed by atoms with Gasteiger partial charge in [0.15, 0.2) is 17.3 Å². The number of aromatic nitrogens is 4. The molecule has 31 heavy (non-hydrogen) atoms. The minimum atomic E-state index is -0.405. The molecule has 4 aromatic rings. The van der Waals surface area contributed by atoms with E-state index in [0.717, 1.165) is 11.1 Å². The van der Waals surface area contributed by atoms with Crippen molar-refractivity contribution in [3.8, 4) is 22.8 Å². The van der Waals surface area contributed by atoms with Gasteiger partial charge in [-0.05, 0) is 42.0 Å². The van der Waals surface area contributed by atoms with Crippen molar-refractivity contribution in [1.29, 1.82) is 0 Å². The molecule has 8 nitrogen and oxygen atoms in total. The fraction of sp³-hybridized carbons (Fsp3) is 0.0952. The average molecular weight is 456 g/mol. The molecule has 156 valence electrons. The van der Waals surface area contributed by atoms with E-state index in [0.29, 0.717) is 33.8 Å². The van der Waals surface area contributed by atoms with Gasteiger partial charge < -0.3 is 14.8 Å². The maximum atomic E-state index is 12.7. The van der Waals surface area contributed by atoms with Crippen molar-refractivity contribution < 1.29 is 14.3 Å². The topological polar surface area (TPSA) is 94.1 Å². The fourth-order valence-electron chi connectivity index (χ4n) is 3.16. The predicted molar refractivity (Wildman–Crippen MR) is 116 cm³/mol. The number of benzene rings is 2. The summed E-state index contributed by atoms with van der Waals surface area (Å²) in [7, 11) is 0. The molecule has 2 aromatic heterocycles. The number of carbonyl (C=O) groups is 1. The van der Waals surface area contributed by atoms with Crippen molar-refractivity contribution in [2.75, 3.05) is 12.1 Å². The van der Waals surface area contributed by atoms with Crippen molar-refractivity contribution >= 4 is 34.9 Å². The van der Waals surface area contributed by atoms with Gasteiger partial charge in [-0.3, -0.25) is 14.6 Å². The summed E-state index contributed by atoms with van der Waals surface area (Å²) in [5.74, 6) is 1.18. The lowest BCUT2D eigenvalue weighted by Gasteiger charge is -2.02. The van der Waals surface area contributed by atoms with Crippen molar-refractivity contribution in [2.45, 2.75) is 6.54 Å². The summed E-state index contributed by atoms with van der Waals surface area (Å²) < 4.78 is 12.3. The van der Waals surface area contributed by atoms with E-state index in [1.807, 2.05) is 24.3 Å². The number of hydrogen-bond donors (Lipinski definition) is 2. The fourth-order valence-corrected chi connectivity index (χ4v) is 3.48. The zero-order valence-electron chi connectivity index (χ0n) is 15.9. The monoisotopic (exact) mass is 455 g/mol. The molecule has 0 aliphatic carbocycles. The SMILES string of the molecule is O=C(Nc1nn(Cc2ccc(Cl)cc2)cc1Cl)c1cc(-c2ccc3c(c2)OCO3)n[nH]1. The summed E-state index contributed by atoms with van der Waals surface area (Å²) in [6.45, 7) is 0.684. The molecule has 0 atom stereocenters. The summed E-state index contributed by atoms with van der Waals surface area (Å²) >= 11 is 12.2. The molecule has 3 heterocycles. The van der Waals surface area contributed by atoms with Gasteiger partial charge in [0, 0.05) is 16.8 Å². The van der Waals surface area contributed by atoms with Crippen molar-refractivity contribution in [1.82, 2.24) is 20.0 Å². The van der Waals surface area contributed by atoms with Crippen LogP contribution < -0.4 is 14.8 Å². The van der Waals surface area contributed by atoms with Gasteiger partial charge in [0.25, 0.3) is 5.91 Å². The summed E-state index contributed by atoms with van der Waals surface area (Å²) in [6.07, 6.45) is 1.65. The van der Waals surface area contributed by atoms with Gasteiger partial charge >= 0.3 is 0 Å². The molecule has 1 aliphatic heterocycles. The number of nitrogens with zero attached hydrogens (tertiary/aromatic N) is 3. The smallest absolute Gasteiger partial charge is 0.274 e. The zero-order chi connectivity index (χ0) is 21.4. The Kier molecular flexibility index (Phi) is 5.01. The number of aromatic amines is 1. The summed E-state index contributed by atoms with van der Waals surface area (Å²) in [4.78, 5) is 12.7. The second-order valence-corrected chi connectivity index (χ2v) is 7.68. The Balaban J connectivity index is 1.29. The molecule has 5 rings (SSSR count). The Morgan fingerprint density at radius 2 is 1.90 bits per heavy atom. The first kappa shape index (κ1) is 19.5. The van der Waals surface area contributed by atoms with Crippen molar-refractivity contribution in [2.24, 2.45) is 0 Å². The lowest BCUT2D eigenvalue weighted by molar-refractivity contribution is 0.102. The largest absolute Gasteiger partial charge is 0.454 e. The predicted octanol–water partition coefficient (Wildman–Crippen LogP) is 4.61. The molecule has 1 aliphatic rings. The minimum Gasteiger partial charge on any atom is -0.454 e. The van der Waals surface area contributed by atoms with E-state index >= 15 is 0 Å². The van der Waals surface area contributed by atoms with Gasteiger partial charge in [0.05, 0.1) is 12.2 Å². The van der Waals surface area contributed by atoms with Crippen LogP contribution in [0.4, 0.5) is 5.82 Å². The third-order valence-corrected chi connectivity index (χ3v) is 5.23. The number of H-pyrrole nitrogens is 1. The second-order valence-electron chi connectivity index (χ2n) is 6.84. The van der Waals surface area contributed by atoms with Crippen molar-refractivity contribution in [3.63, 3.8) is 0 Å². The van der Waals surface area contributed by atoms with Crippen LogP contribution in [0.2, 0.25) is 10.0 Å². The summed E-state index contributed by atoms with van der Waals surface area (Å²) in [5.41, 5.74) is 2.67. The Hall–Kier alpha value is -3.49. The van der Waals surface area contributed by atoms with E-state index in [1.165, 1.54) is 0 Å². The third kappa shape index (κ3) is 4.08. The number of carbonyl (C=O) groups excluding carboxylic acids is 1. The molecule has 10 heteroatoms. The van der Waals surface area contributed by atoms with Crippen molar-refractivity contribution in [3.05, 3.63) is 76.0 Å². The number of ether oxygens (including phenoxy) is 2. The number of nitrogens with one attached hydrogen (secondary N) is 2. The van der Waals surface area contributed by atoms with E-state index in [2.05, 4.69) is 20.6 Å². The van der Waals surface area contributed by atoms with E-state index < -0.39 is 5.91 Å². The standard InChI is InChI=1S/C21H15Cl2N5O3/c22-14-4-1-12(2-5-14)9-28-10-15(23)20(27-28)24-21(29)17-8-16(25-26-17)13-3-6-18-19(7-13)31-11-30-18/h1-8,10H,9,11H2,(H,25,26)(H,24,27,29). The first-order valence-corrected chi connectivity index (χ1v) is 10.0. The second kappa shape index (κ2) is 7.98. The molecule has 0 spiro atoms. The van der Waals surface area contributed by atoms with Crippen LogP contribution in [0.1, 0.15) is 16.1 Å². The molecular weight excluding hydrogens is 441 g/mol. The van der Waals surface area contributed by atoms with Gasteiger partial charge in [-0.25, -0.2) is 0 Å². The summed E-state index contributed by atoms with van der Waals surface area (Å²) in [6, 6.07) is 14.5. The van der Waals surface area contributed by atoms with E-state index in [4.69, 9.17) is 32.7 Å². The van der Waals surface area contributed by atoms with Gasteiger partial charge in [0.1, 0.15) is 10.7 Å². The average Bonchev–Trinajstić information content (AvgIpc) is 3.49. The van der Waals surface area contributed by atoms with E-state index in [9.17, 15) is 4.79 Å². The molecule has 0 fully saturated rings. The highest BCUT2D eigenvalue weighted by Crippen LogP contribution is 2.35. The Labute approximate surface area is 186 Å². The van der Waals surface area contributed by atoms with Crippen LogP contribution in [-0.2, 0) is 6.54 Å². The molecule has 2 aromatic carbocycles. The number of rotatable bonds is 5. The van der Waals surface area contributed by atoms with Crippen LogP contribution >= 0.6 is 23.2 Å². The molecule has 0 saturated carbocycles. The van der Waals surface area contributed by atoms with Crippen LogP contribution in [0.25, 0.3) is 11.3 Å². The van der Waals surface area contributed by atoms with E-state index in [1.54, 1.807) is 35.1 Å². The normalized spacial score (nSPS) is 12.2. The molecular formula is C21H15Cl2N5O3. The van der Waals surface area contributed by atoms with Gasteiger partial charge in [-0.2, -0.15) is 10.2 Å². The Morgan fingerprint density at radius 1 is 1.10 bits per heavy atom. The van der Waals surface area contributed by atoms with Crippen LogP contribution in [0.15, 0.2) is 54.7 Å². The first-order chi connectivity index (χ1) is 15.0. The van der Waals surface area contributed by atoms with Crippen LogP contribution in [-0.4, -0.2) is 32.7 Å². The minimum absolute atomic E-state index is 0.193. The first-order valence-electron chi connectivity index (χ1n) is 9.29. The number of hydrogen-bond acceptors (Lipinski definition) is 5.